The van der Waals surface area contributed by atoms with Gasteiger partial charge in [-0.2, -0.15) is 5.10 Å². The Hall–Kier alpha value is -0.830. The first-order chi connectivity index (χ1) is 5.95. The van der Waals surface area contributed by atoms with Crippen LogP contribution < -0.4 is 0 Å². The molecule has 0 aromatic carbocycles. The van der Waals surface area contributed by atoms with Crippen molar-refractivity contribution >= 4 is 0 Å². The third-order valence-corrected chi connectivity index (χ3v) is 2.22. The second-order valence-corrected chi connectivity index (χ2v) is 3.21. The fourth-order valence-corrected chi connectivity index (χ4v) is 1.56. The summed E-state index contributed by atoms with van der Waals surface area (Å²) in [5.41, 5.74) is 1.13. The lowest BCUT2D eigenvalue weighted by atomic mass is 10.0. The number of nitrogens with one attached hydrogen (secondary N) is 1. The first-order valence-electron chi connectivity index (χ1n) is 4.47. The van der Waals surface area contributed by atoms with Gasteiger partial charge in [-0.3, -0.25) is 5.10 Å². The van der Waals surface area contributed by atoms with E-state index >= 15 is 0 Å². The van der Waals surface area contributed by atoms with Crippen molar-refractivity contribution in [3.05, 3.63) is 18.0 Å². The van der Waals surface area contributed by atoms with Gasteiger partial charge in [0.05, 0.1) is 6.10 Å². The highest BCUT2D eigenvalue weighted by Crippen LogP contribution is 2.16. The molecule has 1 aliphatic heterocycles. The maximum Gasteiger partial charge on any atom is 0.116 e. The molecule has 0 bridgehead atoms. The molecule has 65 valence electrons. The van der Waals surface area contributed by atoms with Gasteiger partial charge >= 0.3 is 0 Å². The number of aromatic amines is 1. The average Bonchev–Trinajstić information content (AvgIpc) is 2.59. The number of rotatable bonds is 2. The van der Waals surface area contributed by atoms with E-state index < -0.39 is 0 Å². The Morgan fingerprint density at radius 2 is 2.67 bits per heavy atom. The lowest BCUT2D eigenvalue weighted by molar-refractivity contribution is 0.0168. The van der Waals surface area contributed by atoms with Gasteiger partial charge in [-0.1, -0.05) is 0 Å². The summed E-state index contributed by atoms with van der Waals surface area (Å²) in [7, 11) is 0. The predicted octanol–water partition coefficient (Wildman–Crippen LogP) is 1.32. The Balaban J connectivity index is 1.86. The van der Waals surface area contributed by atoms with Crippen molar-refractivity contribution in [2.75, 3.05) is 6.61 Å². The van der Waals surface area contributed by atoms with Crippen molar-refractivity contribution in [2.24, 2.45) is 0 Å². The van der Waals surface area contributed by atoms with Crippen molar-refractivity contribution in [1.82, 2.24) is 10.2 Å². The summed E-state index contributed by atoms with van der Waals surface area (Å²) in [6.45, 7) is 0.919. The summed E-state index contributed by atoms with van der Waals surface area (Å²) in [4.78, 5) is 0. The van der Waals surface area contributed by atoms with Crippen LogP contribution in [0.4, 0.5) is 0 Å². The second-order valence-electron chi connectivity index (χ2n) is 3.21. The van der Waals surface area contributed by atoms with Crippen molar-refractivity contribution in [3.63, 3.8) is 0 Å². The molecule has 1 unspecified atom stereocenters. The maximum atomic E-state index is 5.59. The molecule has 2 rings (SSSR count). The molecule has 1 atom stereocenters. The van der Waals surface area contributed by atoms with Crippen LogP contribution >= 0.6 is 0 Å². The van der Waals surface area contributed by atoms with Gasteiger partial charge in [-0.15, -0.1) is 0 Å². The van der Waals surface area contributed by atoms with Crippen molar-refractivity contribution in [3.8, 4) is 0 Å². The molecule has 1 radical (unpaired) electrons. The Bertz CT molecular complexity index is 214. The molecular weight excluding hydrogens is 152 g/mol. The van der Waals surface area contributed by atoms with Gasteiger partial charge in [-0.05, 0) is 19.3 Å². The summed E-state index contributed by atoms with van der Waals surface area (Å²) in [6, 6.07) is 0. The Kier molecular flexibility index (Phi) is 2.42. The SMILES string of the molecule is [c]1n[nH]cc1CC1CCCCO1. The summed E-state index contributed by atoms with van der Waals surface area (Å²) < 4.78 is 5.59. The molecule has 0 aliphatic carbocycles. The lowest BCUT2D eigenvalue weighted by Crippen LogP contribution is -2.21. The standard InChI is InChI=1S/C9H13N2O/c1-2-4-12-9(3-1)5-8-6-10-11-7-8/h6,9H,1-5H2,(H,10,11). The van der Waals surface area contributed by atoms with Gasteiger partial charge in [0, 0.05) is 24.8 Å². The number of hydrogen-bond acceptors (Lipinski definition) is 2. The van der Waals surface area contributed by atoms with Crippen LogP contribution in [-0.2, 0) is 11.2 Å². The highest BCUT2D eigenvalue weighted by atomic mass is 16.5. The number of H-pyrrole nitrogens is 1. The van der Waals surface area contributed by atoms with E-state index in [9.17, 15) is 0 Å². The zero-order valence-corrected chi connectivity index (χ0v) is 7.05. The third-order valence-electron chi connectivity index (χ3n) is 2.22. The largest absolute Gasteiger partial charge is 0.378 e. The monoisotopic (exact) mass is 165 g/mol. The fourth-order valence-electron chi connectivity index (χ4n) is 1.56. The Labute approximate surface area is 72.1 Å². The molecule has 2 heterocycles. The highest BCUT2D eigenvalue weighted by Gasteiger charge is 2.14. The van der Waals surface area contributed by atoms with E-state index in [-0.39, 0.29) is 0 Å². The van der Waals surface area contributed by atoms with Crippen LogP contribution in [0, 0.1) is 6.20 Å². The summed E-state index contributed by atoms with van der Waals surface area (Å²) in [5.74, 6) is 0. The maximum absolute atomic E-state index is 5.59. The van der Waals surface area contributed by atoms with Gasteiger partial charge < -0.3 is 4.74 Å². The van der Waals surface area contributed by atoms with Crippen molar-refractivity contribution in [1.29, 1.82) is 0 Å². The minimum absolute atomic E-state index is 0.396. The van der Waals surface area contributed by atoms with Gasteiger partial charge in [0.15, 0.2) is 0 Å². The minimum atomic E-state index is 0.396. The number of hydrogen-bond donors (Lipinski definition) is 1. The smallest absolute Gasteiger partial charge is 0.116 e. The van der Waals surface area contributed by atoms with E-state index in [1.54, 1.807) is 0 Å². The van der Waals surface area contributed by atoms with Crippen LogP contribution in [0.2, 0.25) is 0 Å². The zero-order valence-electron chi connectivity index (χ0n) is 7.05. The molecule has 1 N–H and O–H groups in total. The molecule has 3 heteroatoms. The zero-order chi connectivity index (χ0) is 8.23. The predicted molar refractivity (Wildman–Crippen MR) is 44.7 cm³/mol. The second kappa shape index (κ2) is 3.72. The average molecular weight is 165 g/mol. The molecule has 1 aromatic rings. The normalized spacial score (nSPS) is 24.2. The highest BCUT2D eigenvalue weighted by molar-refractivity contribution is 5.02. The lowest BCUT2D eigenvalue weighted by Gasteiger charge is -2.21. The van der Waals surface area contributed by atoms with E-state index in [0.29, 0.717) is 6.10 Å². The molecule has 1 aromatic heterocycles. The van der Waals surface area contributed by atoms with Crippen LogP contribution in [0.3, 0.4) is 0 Å². The molecule has 0 spiro atoms. The van der Waals surface area contributed by atoms with Crippen LogP contribution in [-0.4, -0.2) is 22.9 Å². The fraction of sp³-hybridized carbons (Fsp3) is 0.667. The van der Waals surface area contributed by atoms with Gasteiger partial charge in [0.1, 0.15) is 6.20 Å². The number of nitrogens with zero attached hydrogens (tertiary/aromatic N) is 1. The summed E-state index contributed by atoms with van der Waals surface area (Å²) in [5, 5.41) is 6.54. The molecular formula is C9H13N2O. The molecule has 1 aliphatic rings. The minimum Gasteiger partial charge on any atom is -0.378 e. The van der Waals surface area contributed by atoms with Crippen molar-refractivity contribution < 1.29 is 4.74 Å². The van der Waals surface area contributed by atoms with E-state index in [2.05, 4.69) is 16.4 Å². The van der Waals surface area contributed by atoms with Crippen molar-refractivity contribution in [2.45, 2.75) is 31.8 Å². The topological polar surface area (TPSA) is 37.9 Å². The van der Waals surface area contributed by atoms with E-state index in [4.69, 9.17) is 4.74 Å². The third kappa shape index (κ3) is 1.85. The number of aromatic nitrogens is 2. The molecule has 12 heavy (non-hydrogen) atoms. The van der Waals surface area contributed by atoms with E-state index in [1.807, 2.05) is 6.20 Å². The van der Waals surface area contributed by atoms with E-state index in [0.717, 1.165) is 18.6 Å². The molecule has 3 nitrogen and oxygen atoms in total. The van der Waals surface area contributed by atoms with Gasteiger partial charge in [0.25, 0.3) is 0 Å². The first-order valence-corrected chi connectivity index (χ1v) is 4.47. The molecule has 0 saturated carbocycles. The van der Waals surface area contributed by atoms with Gasteiger partial charge in [-0.25, -0.2) is 0 Å². The molecule has 1 fully saturated rings. The van der Waals surface area contributed by atoms with Gasteiger partial charge in [0.2, 0.25) is 0 Å². The summed E-state index contributed by atoms with van der Waals surface area (Å²) in [6.07, 6.45) is 9.82. The summed E-state index contributed by atoms with van der Waals surface area (Å²) >= 11 is 0. The Morgan fingerprint density at radius 1 is 1.67 bits per heavy atom. The van der Waals surface area contributed by atoms with Crippen LogP contribution in [0.1, 0.15) is 24.8 Å². The first kappa shape index (κ1) is 7.80. The van der Waals surface area contributed by atoms with Crippen LogP contribution in [0.25, 0.3) is 0 Å². The van der Waals surface area contributed by atoms with Crippen LogP contribution in [0.15, 0.2) is 6.20 Å². The molecule has 1 saturated heterocycles. The molecule has 0 amide bonds. The van der Waals surface area contributed by atoms with E-state index in [1.165, 1.54) is 19.3 Å². The van der Waals surface area contributed by atoms with Crippen LogP contribution in [0.5, 0.6) is 0 Å². The number of ether oxygens (including phenoxy) is 1. The Morgan fingerprint density at radius 3 is 3.33 bits per heavy atom. The quantitative estimate of drug-likeness (QED) is 0.717.